The lowest BCUT2D eigenvalue weighted by Crippen LogP contribution is -2.55. The van der Waals surface area contributed by atoms with Crippen LogP contribution in [0.2, 0.25) is 0 Å². The van der Waals surface area contributed by atoms with E-state index in [-0.39, 0.29) is 0 Å². The first kappa shape index (κ1) is 11.4. The largest absolute Gasteiger partial charge is 0.317 e. The molecule has 0 spiro atoms. The minimum absolute atomic E-state index is 0.708. The van der Waals surface area contributed by atoms with E-state index in [0.29, 0.717) is 6.04 Å². The van der Waals surface area contributed by atoms with Crippen LogP contribution in [0.4, 0.5) is 0 Å². The molecule has 0 aliphatic carbocycles. The Hall–Kier alpha value is -0.0500. The summed E-state index contributed by atoms with van der Waals surface area (Å²) in [6.07, 6.45) is 6.60. The lowest BCUT2D eigenvalue weighted by Gasteiger charge is -2.48. The molecular weight excluding hydrogens is 208 g/mol. The highest BCUT2D eigenvalue weighted by Gasteiger charge is 2.37. The van der Waals surface area contributed by atoms with Crippen molar-refractivity contribution in [3.05, 3.63) is 11.6 Å². The Morgan fingerprint density at radius 3 is 2.47 bits per heavy atom. The van der Waals surface area contributed by atoms with Crippen LogP contribution in [0, 0.1) is 0 Å². The van der Waals surface area contributed by atoms with Gasteiger partial charge in [0.1, 0.15) is 0 Å². The second kappa shape index (κ2) is 4.86. The maximum absolute atomic E-state index is 5.94. The van der Waals surface area contributed by atoms with Crippen molar-refractivity contribution in [1.82, 2.24) is 10.2 Å². The lowest BCUT2D eigenvalue weighted by atomic mass is 9.82. The van der Waals surface area contributed by atoms with Crippen LogP contribution in [0.5, 0.6) is 0 Å². The number of nitrogens with zero attached hydrogens (tertiary/aromatic N) is 1. The van der Waals surface area contributed by atoms with Gasteiger partial charge in [0.2, 0.25) is 0 Å². The van der Waals surface area contributed by atoms with Crippen molar-refractivity contribution in [3.8, 4) is 0 Å². The van der Waals surface area contributed by atoms with Gasteiger partial charge in [-0.05, 0) is 32.7 Å². The summed E-state index contributed by atoms with van der Waals surface area (Å²) in [5, 5.41) is 4.21. The molecule has 0 radical (unpaired) electrons. The van der Waals surface area contributed by atoms with E-state index in [4.69, 9.17) is 11.6 Å². The van der Waals surface area contributed by atoms with Gasteiger partial charge in [0.15, 0.2) is 0 Å². The van der Waals surface area contributed by atoms with Gasteiger partial charge >= 0.3 is 0 Å². The van der Waals surface area contributed by atoms with Crippen LogP contribution in [0.25, 0.3) is 0 Å². The molecule has 2 heterocycles. The van der Waals surface area contributed by atoms with Gasteiger partial charge in [0, 0.05) is 29.7 Å². The van der Waals surface area contributed by atoms with Gasteiger partial charge in [-0.3, -0.25) is 4.90 Å². The molecule has 2 nitrogen and oxygen atoms in total. The third kappa shape index (κ3) is 2.55. The maximum Gasteiger partial charge on any atom is 0.0341 e. The Kier molecular flexibility index (Phi) is 3.70. The normalized spacial score (nSPS) is 36.5. The average Bonchev–Trinajstić information content (AvgIpc) is 2.16. The lowest BCUT2D eigenvalue weighted by molar-refractivity contribution is 0.0357. The quantitative estimate of drug-likeness (QED) is 0.798. The molecular formula is C12H21ClN2. The molecule has 0 saturated carbocycles. The molecule has 2 fully saturated rings. The van der Waals surface area contributed by atoms with E-state index in [9.17, 15) is 0 Å². The summed E-state index contributed by atoms with van der Waals surface area (Å²) >= 11 is 5.94. The summed E-state index contributed by atoms with van der Waals surface area (Å²) in [5.41, 5.74) is 0. The fourth-order valence-corrected chi connectivity index (χ4v) is 3.31. The van der Waals surface area contributed by atoms with Crippen LogP contribution in [-0.4, -0.2) is 36.6 Å². The van der Waals surface area contributed by atoms with Crippen LogP contribution >= 0.6 is 11.6 Å². The van der Waals surface area contributed by atoms with Crippen molar-refractivity contribution < 1.29 is 0 Å². The molecule has 2 bridgehead atoms. The van der Waals surface area contributed by atoms with Gasteiger partial charge in [0.25, 0.3) is 0 Å². The van der Waals surface area contributed by atoms with Crippen LogP contribution < -0.4 is 5.32 Å². The van der Waals surface area contributed by atoms with Crippen molar-refractivity contribution >= 4 is 11.6 Å². The van der Waals surface area contributed by atoms with Crippen molar-refractivity contribution in [2.75, 3.05) is 13.6 Å². The summed E-state index contributed by atoms with van der Waals surface area (Å²) in [6, 6.07) is 2.16. The van der Waals surface area contributed by atoms with Gasteiger partial charge in [-0.1, -0.05) is 24.6 Å². The maximum atomic E-state index is 5.94. The van der Waals surface area contributed by atoms with Crippen LogP contribution in [0.1, 0.15) is 32.1 Å². The number of hydrogen-bond donors (Lipinski definition) is 1. The van der Waals surface area contributed by atoms with E-state index in [1.165, 1.54) is 32.1 Å². The Labute approximate surface area is 97.7 Å². The van der Waals surface area contributed by atoms with Crippen molar-refractivity contribution in [1.29, 1.82) is 0 Å². The second-order valence-electron chi connectivity index (χ2n) is 4.89. The fraction of sp³-hybridized carbons (Fsp3) is 0.833. The Bertz CT molecular complexity index is 228. The number of hydrogen-bond acceptors (Lipinski definition) is 2. The van der Waals surface area contributed by atoms with E-state index in [2.05, 4.69) is 23.8 Å². The van der Waals surface area contributed by atoms with Crippen molar-refractivity contribution in [2.24, 2.45) is 0 Å². The Balaban J connectivity index is 2.03. The predicted molar refractivity (Wildman–Crippen MR) is 65.2 cm³/mol. The molecule has 86 valence electrons. The first-order valence-corrected chi connectivity index (χ1v) is 6.34. The molecule has 2 saturated heterocycles. The van der Waals surface area contributed by atoms with Crippen LogP contribution in [0.3, 0.4) is 0 Å². The van der Waals surface area contributed by atoms with E-state index >= 15 is 0 Å². The minimum atomic E-state index is 0.708. The summed E-state index contributed by atoms with van der Waals surface area (Å²) in [7, 11) is 2.08. The van der Waals surface area contributed by atoms with Gasteiger partial charge < -0.3 is 5.32 Å². The molecule has 0 amide bonds. The van der Waals surface area contributed by atoms with E-state index in [0.717, 1.165) is 23.7 Å². The molecule has 3 heteroatoms. The molecule has 2 rings (SSSR count). The highest BCUT2D eigenvalue weighted by atomic mass is 35.5. The smallest absolute Gasteiger partial charge is 0.0341 e. The summed E-state index contributed by atoms with van der Waals surface area (Å²) < 4.78 is 0. The molecule has 2 aliphatic rings. The molecule has 2 aliphatic heterocycles. The SMILES string of the molecule is C=C(Cl)CN1C2CCCC1CC(NC)C2. The van der Waals surface area contributed by atoms with Gasteiger partial charge in [-0.15, -0.1) is 0 Å². The Morgan fingerprint density at radius 2 is 2.00 bits per heavy atom. The number of piperidine rings is 2. The third-order valence-corrected chi connectivity index (χ3v) is 4.01. The first-order valence-electron chi connectivity index (χ1n) is 5.97. The van der Waals surface area contributed by atoms with Crippen LogP contribution in [-0.2, 0) is 0 Å². The predicted octanol–water partition coefficient (Wildman–Crippen LogP) is 2.34. The average molecular weight is 229 g/mol. The molecule has 1 N–H and O–H groups in total. The van der Waals surface area contributed by atoms with Gasteiger partial charge in [-0.2, -0.15) is 0 Å². The third-order valence-electron chi connectivity index (χ3n) is 3.89. The van der Waals surface area contributed by atoms with Crippen LogP contribution in [0.15, 0.2) is 11.6 Å². The number of rotatable bonds is 3. The van der Waals surface area contributed by atoms with Crippen molar-refractivity contribution in [2.45, 2.75) is 50.2 Å². The molecule has 0 aromatic carbocycles. The number of nitrogens with one attached hydrogen (secondary N) is 1. The Morgan fingerprint density at radius 1 is 1.40 bits per heavy atom. The monoisotopic (exact) mass is 228 g/mol. The molecule has 2 atom stereocenters. The molecule has 2 unspecified atom stereocenters. The molecule has 15 heavy (non-hydrogen) atoms. The topological polar surface area (TPSA) is 15.3 Å². The second-order valence-corrected chi connectivity index (χ2v) is 5.42. The van der Waals surface area contributed by atoms with Gasteiger partial charge in [0.05, 0.1) is 0 Å². The zero-order valence-corrected chi connectivity index (χ0v) is 10.3. The minimum Gasteiger partial charge on any atom is -0.317 e. The first-order chi connectivity index (χ1) is 7.20. The highest BCUT2D eigenvalue weighted by Crippen LogP contribution is 2.34. The zero-order valence-electron chi connectivity index (χ0n) is 9.51. The summed E-state index contributed by atoms with van der Waals surface area (Å²) in [5.74, 6) is 0. The summed E-state index contributed by atoms with van der Waals surface area (Å²) in [6.45, 7) is 4.71. The van der Waals surface area contributed by atoms with E-state index in [1.807, 2.05) is 0 Å². The van der Waals surface area contributed by atoms with E-state index in [1.54, 1.807) is 0 Å². The number of fused-ring (bicyclic) bond motifs is 2. The fourth-order valence-electron chi connectivity index (χ4n) is 3.17. The highest BCUT2D eigenvalue weighted by molar-refractivity contribution is 6.29. The van der Waals surface area contributed by atoms with Gasteiger partial charge in [-0.25, -0.2) is 0 Å². The summed E-state index contributed by atoms with van der Waals surface area (Å²) in [4.78, 5) is 2.58. The zero-order chi connectivity index (χ0) is 10.8. The van der Waals surface area contributed by atoms with E-state index < -0.39 is 0 Å². The molecule has 0 aromatic rings. The number of halogens is 1. The standard InChI is InChI=1S/C12H21ClN2/c1-9(13)8-15-11-4-3-5-12(15)7-10(6-11)14-2/h10-12,14H,1,3-8H2,2H3. The van der Waals surface area contributed by atoms with Crippen molar-refractivity contribution in [3.63, 3.8) is 0 Å². The molecule has 0 aromatic heterocycles.